The molecular weight excluding hydrogens is 302 g/mol. The number of aromatic nitrogens is 1. The minimum atomic E-state index is -0.459. The summed E-state index contributed by atoms with van der Waals surface area (Å²) in [5.74, 6) is 0.0653. The van der Waals surface area contributed by atoms with Crippen LogP contribution in [0.3, 0.4) is 0 Å². The highest BCUT2D eigenvalue weighted by Gasteiger charge is 2.28. The molecule has 0 aromatic carbocycles. The molecule has 0 aliphatic carbocycles. The second-order valence-electron chi connectivity index (χ2n) is 7.30. The van der Waals surface area contributed by atoms with E-state index in [0.717, 1.165) is 30.9 Å². The van der Waals surface area contributed by atoms with Gasteiger partial charge in [0.2, 0.25) is 0 Å². The molecule has 0 amide bonds. The molecule has 1 rings (SSSR count). The lowest BCUT2D eigenvalue weighted by molar-refractivity contribution is -0.158. The third-order valence-electron chi connectivity index (χ3n) is 3.79. The predicted molar refractivity (Wildman–Crippen MR) is 97.8 cm³/mol. The number of pyridine rings is 1. The number of ether oxygens (including phenoxy) is 1. The van der Waals surface area contributed by atoms with Crippen molar-refractivity contribution in [3.63, 3.8) is 0 Å². The maximum Gasteiger partial charge on any atom is 0.323 e. The van der Waals surface area contributed by atoms with Crippen LogP contribution in [0.1, 0.15) is 52.4 Å². The van der Waals surface area contributed by atoms with Gasteiger partial charge in [0.1, 0.15) is 11.6 Å². The molecule has 2 atom stereocenters. The van der Waals surface area contributed by atoms with Crippen molar-refractivity contribution in [3.8, 4) is 0 Å². The Morgan fingerprint density at radius 1 is 1.29 bits per heavy atom. The van der Waals surface area contributed by atoms with E-state index < -0.39 is 5.60 Å². The molecule has 1 heterocycles. The van der Waals surface area contributed by atoms with E-state index in [1.165, 1.54) is 0 Å². The molecule has 24 heavy (non-hydrogen) atoms. The fourth-order valence-electron chi connectivity index (χ4n) is 2.35. The zero-order valence-corrected chi connectivity index (χ0v) is 16.0. The van der Waals surface area contributed by atoms with Gasteiger partial charge in [0.25, 0.3) is 0 Å². The summed E-state index contributed by atoms with van der Waals surface area (Å²) in [7, 11) is 0. The molecule has 136 valence electrons. The highest BCUT2D eigenvalue weighted by atomic mass is 16.6. The molecule has 0 bridgehead atoms. The summed E-state index contributed by atoms with van der Waals surface area (Å²) in [6.07, 6.45) is 0.928. The topological polar surface area (TPSA) is 63.2 Å². The standard InChI is InChI=1S/C19H33N3O2/c1-7-14(2)17(18(23)24-19(4,5)6)21-12-11-20-13-16-10-8-9-15(3)22-16/h8-10,14,17,20-21H,7,11-13H2,1-6H3/t14-,17-/m0/s1. The molecule has 0 saturated heterocycles. The van der Waals surface area contributed by atoms with Crippen molar-refractivity contribution in [1.29, 1.82) is 0 Å². The van der Waals surface area contributed by atoms with Gasteiger partial charge in [0, 0.05) is 25.3 Å². The predicted octanol–water partition coefficient (Wildman–Crippen LogP) is 2.83. The van der Waals surface area contributed by atoms with E-state index in [4.69, 9.17) is 4.74 Å². The van der Waals surface area contributed by atoms with E-state index in [1.54, 1.807) is 0 Å². The number of carbonyl (C=O) groups excluding carboxylic acids is 1. The minimum absolute atomic E-state index is 0.169. The molecule has 1 aromatic heterocycles. The third-order valence-corrected chi connectivity index (χ3v) is 3.79. The van der Waals surface area contributed by atoms with Crippen molar-refractivity contribution in [2.24, 2.45) is 5.92 Å². The number of nitrogens with zero attached hydrogens (tertiary/aromatic N) is 1. The van der Waals surface area contributed by atoms with E-state index in [9.17, 15) is 4.79 Å². The van der Waals surface area contributed by atoms with Gasteiger partial charge in [-0.15, -0.1) is 0 Å². The summed E-state index contributed by atoms with van der Waals surface area (Å²) >= 11 is 0. The van der Waals surface area contributed by atoms with Gasteiger partial charge in [-0.05, 0) is 45.7 Å². The lowest BCUT2D eigenvalue weighted by Crippen LogP contribution is -2.47. The number of carbonyl (C=O) groups is 1. The van der Waals surface area contributed by atoms with Gasteiger partial charge >= 0.3 is 5.97 Å². The summed E-state index contributed by atoms with van der Waals surface area (Å²) in [5, 5.41) is 6.68. The Balaban J connectivity index is 2.41. The summed E-state index contributed by atoms with van der Waals surface area (Å²) in [6, 6.07) is 5.74. The first-order chi connectivity index (χ1) is 11.2. The smallest absolute Gasteiger partial charge is 0.323 e. The molecule has 0 aliphatic rings. The van der Waals surface area contributed by atoms with Crippen molar-refractivity contribution in [1.82, 2.24) is 15.6 Å². The zero-order valence-electron chi connectivity index (χ0n) is 16.0. The molecule has 0 radical (unpaired) electrons. The molecule has 2 N–H and O–H groups in total. The van der Waals surface area contributed by atoms with Gasteiger partial charge in [0.15, 0.2) is 0 Å². The Bertz CT molecular complexity index is 512. The summed E-state index contributed by atoms with van der Waals surface area (Å²) in [6.45, 7) is 14.0. The van der Waals surface area contributed by atoms with Crippen LogP contribution in [0.25, 0.3) is 0 Å². The Morgan fingerprint density at radius 3 is 2.58 bits per heavy atom. The summed E-state index contributed by atoms with van der Waals surface area (Å²) in [4.78, 5) is 16.8. The van der Waals surface area contributed by atoms with Crippen molar-refractivity contribution in [2.45, 2.75) is 66.2 Å². The SMILES string of the molecule is CC[C@H](C)[C@H](NCCNCc1cccc(C)n1)C(=O)OC(C)(C)C. The van der Waals surface area contributed by atoms with Crippen molar-refractivity contribution >= 4 is 5.97 Å². The molecule has 5 nitrogen and oxygen atoms in total. The Labute approximate surface area is 146 Å². The van der Waals surface area contributed by atoms with Gasteiger partial charge in [0.05, 0.1) is 5.69 Å². The second-order valence-corrected chi connectivity index (χ2v) is 7.30. The number of aryl methyl sites for hydroxylation is 1. The normalized spacial score (nSPS) is 14.2. The van der Waals surface area contributed by atoms with Gasteiger partial charge in [-0.25, -0.2) is 0 Å². The lowest BCUT2D eigenvalue weighted by Gasteiger charge is -2.27. The van der Waals surface area contributed by atoms with Crippen LogP contribution in [0.4, 0.5) is 0 Å². The first-order valence-corrected chi connectivity index (χ1v) is 8.82. The van der Waals surface area contributed by atoms with Crippen molar-refractivity contribution in [2.75, 3.05) is 13.1 Å². The van der Waals surface area contributed by atoms with Crippen LogP contribution in [-0.4, -0.2) is 35.7 Å². The van der Waals surface area contributed by atoms with Gasteiger partial charge in [-0.1, -0.05) is 26.3 Å². The highest BCUT2D eigenvalue weighted by molar-refractivity contribution is 5.76. The van der Waals surface area contributed by atoms with E-state index in [-0.39, 0.29) is 17.9 Å². The van der Waals surface area contributed by atoms with Crippen molar-refractivity contribution < 1.29 is 9.53 Å². The molecule has 5 heteroatoms. The Hall–Kier alpha value is -1.46. The van der Waals surface area contributed by atoms with Gasteiger partial charge < -0.3 is 15.4 Å². The van der Waals surface area contributed by atoms with E-state index in [1.807, 2.05) is 45.9 Å². The number of hydrogen-bond acceptors (Lipinski definition) is 5. The second kappa shape index (κ2) is 9.74. The third kappa shape index (κ3) is 7.88. The van der Waals surface area contributed by atoms with Crippen molar-refractivity contribution in [3.05, 3.63) is 29.6 Å². The summed E-state index contributed by atoms with van der Waals surface area (Å²) in [5.41, 5.74) is 1.59. The monoisotopic (exact) mass is 335 g/mol. The number of hydrogen-bond donors (Lipinski definition) is 2. The average molecular weight is 335 g/mol. The van der Waals surface area contributed by atoms with E-state index >= 15 is 0 Å². The fraction of sp³-hybridized carbons (Fsp3) is 0.684. The Morgan fingerprint density at radius 2 is 2.00 bits per heavy atom. The zero-order chi connectivity index (χ0) is 18.2. The maximum absolute atomic E-state index is 12.4. The van der Waals surface area contributed by atoms with E-state index in [2.05, 4.69) is 29.5 Å². The first kappa shape index (κ1) is 20.6. The highest BCUT2D eigenvalue weighted by Crippen LogP contribution is 2.14. The Kier molecular flexibility index (Phi) is 8.36. The number of rotatable bonds is 9. The minimum Gasteiger partial charge on any atom is -0.459 e. The van der Waals surface area contributed by atoms with Gasteiger partial charge in [-0.3, -0.25) is 9.78 Å². The number of nitrogens with one attached hydrogen (secondary N) is 2. The molecule has 1 aromatic rings. The van der Waals surface area contributed by atoms with Crippen LogP contribution in [0.15, 0.2) is 18.2 Å². The molecule has 0 aliphatic heterocycles. The molecule has 0 saturated carbocycles. The van der Waals surface area contributed by atoms with Crippen LogP contribution >= 0.6 is 0 Å². The average Bonchev–Trinajstić information content (AvgIpc) is 2.48. The molecule has 0 unspecified atom stereocenters. The van der Waals surface area contributed by atoms with Crippen LogP contribution in [0.2, 0.25) is 0 Å². The number of esters is 1. The van der Waals surface area contributed by atoms with Crippen LogP contribution in [0, 0.1) is 12.8 Å². The lowest BCUT2D eigenvalue weighted by atomic mass is 9.99. The molecule has 0 fully saturated rings. The van der Waals surface area contributed by atoms with Gasteiger partial charge in [-0.2, -0.15) is 0 Å². The van der Waals surface area contributed by atoms with Crippen LogP contribution in [-0.2, 0) is 16.1 Å². The molecular formula is C19H33N3O2. The van der Waals surface area contributed by atoms with Crippen LogP contribution < -0.4 is 10.6 Å². The maximum atomic E-state index is 12.4. The quantitative estimate of drug-likeness (QED) is 0.537. The van der Waals surface area contributed by atoms with Crippen LogP contribution in [0.5, 0.6) is 0 Å². The fourth-order valence-corrected chi connectivity index (χ4v) is 2.35. The van der Waals surface area contributed by atoms with E-state index in [0.29, 0.717) is 6.54 Å². The largest absolute Gasteiger partial charge is 0.459 e. The molecule has 0 spiro atoms. The summed E-state index contributed by atoms with van der Waals surface area (Å²) < 4.78 is 5.53. The first-order valence-electron chi connectivity index (χ1n) is 8.82.